The molecular weight excluding hydrogens is 366 g/mol. The van der Waals surface area contributed by atoms with Gasteiger partial charge in [0.15, 0.2) is 0 Å². The molecule has 0 aliphatic rings. The third kappa shape index (κ3) is 6.33. The molecule has 0 aromatic heterocycles. The number of amides is 2. The van der Waals surface area contributed by atoms with Crippen molar-refractivity contribution < 1.29 is 23.1 Å². The first-order valence-corrected chi connectivity index (χ1v) is 8.12. The largest absolute Gasteiger partial charge is 0.435 e. The number of carbonyl (C=O) groups excluding carboxylic acids is 2. The Morgan fingerprint density at radius 1 is 1.12 bits per heavy atom. The lowest BCUT2D eigenvalue weighted by Crippen LogP contribution is -2.13. The van der Waals surface area contributed by atoms with Crippen molar-refractivity contribution in [2.24, 2.45) is 0 Å². The minimum absolute atomic E-state index is 0.0693. The van der Waals surface area contributed by atoms with E-state index >= 15 is 0 Å². The van der Waals surface area contributed by atoms with Crippen LogP contribution in [0.1, 0.15) is 18.9 Å². The van der Waals surface area contributed by atoms with Gasteiger partial charge in [-0.1, -0.05) is 23.7 Å². The van der Waals surface area contributed by atoms with Gasteiger partial charge in [0.05, 0.1) is 10.7 Å². The number of benzene rings is 2. The van der Waals surface area contributed by atoms with Crippen molar-refractivity contribution in [3.8, 4) is 5.75 Å². The molecule has 0 bridgehead atoms. The molecule has 0 fully saturated rings. The second-order valence-corrected chi connectivity index (χ2v) is 5.85. The van der Waals surface area contributed by atoms with Crippen LogP contribution in [-0.2, 0) is 16.0 Å². The van der Waals surface area contributed by atoms with E-state index in [1.54, 1.807) is 30.3 Å². The molecule has 2 rings (SSSR count). The Labute approximate surface area is 154 Å². The molecule has 2 amide bonds. The van der Waals surface area contributed by atoms with Gasteiger partial charge in [0.25, 0.3) is 0 Å². The predicted octanol–water partition coefficient (Wildman–Crippen LogP) is 4.47. The van der Waals surface area contributed by atoms with Gasteiger partial charge in [-0.25, -0.2) is 0 Å². The second-order valence-electron chi connectivity index (χ2n) is 5.45. The zero-order chi connectivity index (χ0) is 19.1. The Morgan fingerprint density at radius 2 is 1.81 bits per heavy atom. The first-order chi connectivity index (χ1) is 12.3. The number of hydrogen-bond acceptors (Lipinski definition) is 3. The van der Waals surface area contributed by atoms with Gasteiger partial charge in [-0.3, -0.25) is 9.59 Å². The quantitative estimate of drug-likeness (QED) is 0.742. The maximum absolute atomic E-state index is 12.1. The molecule has 8 heteroatoms. The lowest BCUT2D eigenvalue weighted by atomic mass is 10.1. The topological polar surface area (TPSA) is 67.4 Å². The number of anilines is 2. The summed E-state index contributed by atoms with van der Waals surface area (Å²) in [6, 6.07) is 10.9. The normalized spacial score (nSPS) is 10.5. The summed E-state index contributed by atoms with van der Waals surface area (Å²) in [4.78, 5) is 23.2. The average Bonchev–Trinajstić information content (AvgIpc) is 2.56. The summed E-state index contributed by atoms with van der Waals surface area (Å²) in [5, 5.41) is 5.66. The fraction of sp³-hybridized carbons (Fsp3) is 0.222. The third-order valence-corrected chi connectivity index (χ3v) is 3.68. The summed E-state index contributed by atoms with van der Waals surface area (Å²) in [5.74, 6) is -0.427. The van der Waals surface area contributed by atoms with E-state index in [0.717, 1.165) is 5.56 Å². The predicted molar refractivity (Wildman–Crippen MR) is 95.8 cm³/mol. The molecule has 2 aromatic rings. The van der Waals surface area contributed by atoms with E-state index in [4.69, 9.17) is 11.6 Å². The Bertz CT molecular complexity index is 783. The van der Waals surface area contributed by atoms with Crippen LogP contribution in [0.4, 0.5) is 20.2 Å². The second kappa shape index (κ2) is 9.15. The van der Waals surface area contributed by atoms with Crippen LogP contribution < -0.4 is 15.4 Å². The molecule has 2 aromatic carbocycles. The lowest BCUT2D eigenvalue weighted by Gasteiger charge is -2.10. The summed E-state index contributed by atoms with van der Waals surface area (Å²) in [6.07, 6.45) is 0.639. The van der Waals surface area contributed by atoms with Gasteiger partial charge < -0.3 is 15.4 Å². The van der Waals surface area contributed by atoms with Gasteiger partial charge in [-0.2, -0.15) is 8.78 Å². The molecule has 26 heavy (non-hydrogen) atoms. The lowest BCUT2D eigenvalue weighted by molar-refractivity contribution is -0.116. The number of nitrogens with one attached hydrogen (secondary N) is 2. The maximum atomic E-state index is 12.1. The highest BCUT2D eigenvalue weighted by molar-refractivity contribution is 6.33. The summed E-state index contributed by atoms with van der Waals surface area (Å²) in [7, 11) is 0. The number of alkyl halides is 2. The standard InChI is InChI=1S/C18H17ClF2N2O3/c1-11(24)22-16-10-13(5-8-15(16)19)23-17(25)9-4-12-2-6-14(7-3-12)26-18(20)21/h2-3,5-8,10,18H,4,9H2,1H3,(H,22,24)(H,23,25). The van der Waals surface area contributed by atoms with Gasteiger partial charge in [0, 0.05) is 19.0 Å². The van der Waals surface area contributed by atoms with Crippen LogP contribution in [0.3, 0.4) is 0 Å². The van der Waals surface area contributed by atoms with E-state index < -0.39 is 6.61 Å². The number of halogens is 3. The Morgan fingerprint density at radius 3 is 2.42 bits per heavy atom. The molecule has 0 spiro atoms. The Kier molecular flexibility index (Phi) is 6.91. The van der Waals surface area contributed by atoms with Crippen LogP contribution >= 0.6 is 11.6 Å². The van der Waals surface area contributed by atoms with Crippen LogP contribution in [0.2, 0.25) is 5.02 Å². The Balaban J connectivity index is 1.89. The summed E-state index contributed by atoms with van der Waals surface area (Å²) in [5.41, 5.74) is 1.73. The highest BCUT2D eigenvalue weighted by Gasteiger charge is 2.08. The average molecular weight is 383 g/mol. The first-order valence-electron chi connectivity index (χ1n) is 7.74. The van der Waals surface area contributed by atoms with Crippen LogP contribution in [0.5, 0.6) is 5.75 Å². The van der Waals surface area contributed by atoms with E-state index in [9.17, 15) is 18.4 Å². The molecule has 0 unspecified atom stereocenters. The molecule has 0 atom stereocenters. The monoisotopic (exact) mass is 382 g/mol. The maximum Gasteiger partial charge on any atom is 0.387 e. The van der Waals surface area contributed by atoms with Crippen molar-refractivity contribution in [3.63, 3.8) is 0 Å². The summed E-state index contributed by atoms with van der Waals surface area (Å²) >= 11 is 5.98. The minimum Gasteiger partial charge on any atom is -0.435 e. The Hall–Kier alpha value is -2.67. The molecule has 0 saturated heterocycles. The number of hydrogen-bond donors (Lipinski definition) is 2. The van der Waals surface area contributed by atoms with E-state index in [1.807, 2.05) is 0 Å². The SMILES string of the molecule is CC(=O)Nc1cc(NC(=O)CCc2ccc(OC(F)F)cc2)ccc1Cl. The summed E-state index contributed by atoms with van der Waals surface area (Å²) < 4.78 is 28.5. The molecule has 5 nitrogen and oxygen atoms in total. The van der Waals surface area contributed by atoms with Crippen molar-refractivity contribution >= 4 is 34.8 Å². The molecular formula is C18H17ClF2N2O3. The highest BCUT2D eigenvalue weighted by Crippen LogP contribution is 2.25. The molecule has 0 aliphatic heterocycles. The van der Waals surface area contributed by atoms with E-state index in [2.05, 4.69) is 15.4 Å². The van der Waals surface area contributed by atoms with E-state index in [1.165, 1.54) is 19.1 Å². The molecule has 0 aliphatic carbocycles. The number of carbonyl (C=O) groups is 2. The first kappa shape index (κ1) is 19.7. The fourth-order valence-electron chi connectivity index (χ4n) is 2.21. The van der Waals surface area contributed by atoms with Crippen LogP contribution in [0.15, 0.2) is 42.5 Å². The van der Waals surface area contributed by atoms with Gasteiger partial charge in [-0.15, -0.1) is 0 Å². The third-order valence-electron chi connectivity index (χ3n) is 3.35. The molecule has 138 valence electrons. The van der Waals surface area contributed by atoms with Crippen LogP contribution in [0, 0.1) is 0 Å². The van der Waals surface area contributed by atoms with Crippen molar-refractivity contribution in [1.82, 2.24) is 0 Å². The molecule has 0 heterocycles. The van der Waals surface area contributed by atoms with Gasteiger partial charge >= 0.3 is 6.61 Å². The van der Waals surface area contributed by atoms with Crippen molar-refractivity contribution in [2.75, 3.05) is 10.6 Å². The number of rotatable bonds is 7. The smallest absolute Gasteiger partial charge is 0.387 e. The fourth-order valence-corrected chi connectivity index (χ4v) is 2.37. The van der Waals surface area contributed by atoms with Crippen molar-refractivity contribution in [1.29, 1.82) is 0 Å². The van der Waals surface area contributed by atoms with E-state index in [-0.39, 0.29) is 24.0 Å². The molecule has 0 radical (unpaired) electrons. The molecule has 0 saturated carbocycles. The highest BCUT2D eigenvalue weighted by atomic mass is 35.5. The molecule has 2 N–H and O–H groups in total. The van der Waals surface area contributed by atoms with Crippen LogP contribution in [0.25, 0.3) is 0 Å². The van der Waals surface area contributed by atoms with Crippen molar-refractivity contribution in [3.05, 3.63) is 53.1 Å². The minimum atomic E-state index is -2.87. The zero-order valence-corrected chi connectivity index (χ0v) is 14.6. The van der Waals surface area contributed by atoms with E-state index in [0.29, 0.717) is 22.8 Å². The summed E-state index contributed by atoms with van der Waals surface area (Å²) in [6.45, 7) is -1.51. The van der Waals surface area contributed by atoms with Gasteiger partial charge in [0.2, 0.25) is 11.8 Å². The van der Waals surface area contributed by atoms with Crippen LogP contribution in [-0.4, -0.2) is 18.4 Å². The van der Waals surface area contributed by atoms with Gasteiger partial charge in [-0.05, 0) is 42.3 Å². The van der Waals surface area contributed by atoms with Crippen molar-refractivity contribution in [2.45, 2.75) is 26.4 Å². The number of aryl methyl sites for hydroxylation is 1. The van der Waals surface area contributed by atoms with Gasteiger partial charge in [0.1, 0.15) is 5.75 Å². The zero-order valence-electron chi connectivity index (χ0n) is 13.9. The number of ether oxygens (including phenoxy) is 1.